The zero-order chi connectivity index (χ0) is 17.7. The van der Waals surface area contributed by atoms with Crippen molar-refractivity contribution in [1.82, 2.24) is 10.0 Å². The Hall–Kier alpha value is -2.18. The van der Waals surface area contributed by atoms with Gasteiger partial charge < -0.3 is 5.32 Å². The highest BCUT2D eigenvalue weighted by Crippen LogP contribution is 2.11. The van der Waals surface area contributed by atoms with Crippen molar-refractivity contribution in [3.63, 3.8) is 0 Å². The number of carbonyl (C=O) groups is 1. The molecule has 2 N–H and O–H groups in total. The molecule has 0 aliphatic heterocycles. The molecule has 0 atom stereocenters. The molecular weight excluding hydrogens is 324 g/mol. The van der Waals surface area contributed by atoms with Crippen molar-refractivity contribution in [1.29, 1.82) is 0 Å². The van der Waals surface area contributed by atoms with Gasteiger partial charge in [0, 0.05) is 18.2 Å². The first kappa shape index (κ1) is 18.2. The van der Waals surface area contributed by atoms with Gasteiger partial charge in [0.15, 0.2) is 0 Å². The highest BCUT2D eigenvalue weighted by Gasteiger charge is 2.15. The minimum Gasteiger partial charge on any atom is -0.348 e. The number of hydrogen-bond donors (Lipinski definition) is 2. The highest BCUT2D eigenvalue weighted by molar-refractivity contribution is 7.89. The molecule has 0 unspecified atom stereocenters. The quantitative estimate of drug-likeness (QED) is 0.844. The molecule has 24 heavy (non-hydrogen) atoms. The first-order valence-corrected chi connectivity index (χ1v) is 9.22. The maximum Gasteiger partial charge on any atom is 0.251 e. The number of aryl methyl sites for hydroxylation is 1. The summed E-state index contributed by atoms with van der Waals surface area (Å²) in [6.07, 6.45) is 0. The SMILES string of the molecule is Cc1ccc(CNC(=O)c2ccc(S(=O)(=O)NC(C)C)cc2)cc1. The molecule has 0 heterocycles. The first-order valence-electron chi connectivity index (χ1n) is 7.74. The van der Waals surface area contributed by atoms with Crippen LogP contribution in [0.3, 0.4) is 0 Å². The second-order valence-corrected chi connectivity index (χ2v) is 7.68. The van der Waals surface area contributed by atoms with Crippen molar-refractivity contribution in [2.75, 3.05) is 0 Å². The molecule has 0 aromatic heterocycles. The third-order valence-electron chi connectivity index (χ3n) is 3.39. The van der Waals surface area contributed by atoms with Gasteiger partial charge in [-0.2, -0.15) is 0 Å². The molecule has 0 bridgehead atoms. The normalized spacial score (nSPS) is 11.5. The summed E-state index contributed by atoms with van der Waals surface area (Å²) < 4.78 is 26.6. The Bertz CT molecular complexity index is 795. The molecule has 0 saturated carbocycles. The molecule has 2 aromatic rings. The maximum absolute atomic E-state index is 12.1. The van der Waals surface area contributed by atoms with Crippen molar-refractivity contribution in [2.24, 2.45) is 0 Å². The first-order chi connectivity index (χ1) is 11.3. The summed E-state index contributed by atoms with van der Waals surface area (Å²) in [5, 5.41) is 2.82. The smallest absolute Gasteiger partial charge is 0.251 e. The lowest BCUT2D eigenvalue weighted by atomic mass is 10.1. The van der Waals surface area contributed by atoms with Crippen LogP contribution in [0.25, 0.3) is 0 Å². The van der Waals surface area contributed by atoms with E-state index in [2.05, 4.69) is 10.0 Å². The van der Waals surface area contributed by atoms with E-state index in [9.17, 15) is 13.2 Å². The van der Waals surface area contributed by atoms with E-state index in [1.165, 1.54) is 24.3 Å². The average Bonchev–Trinajstić information content (AvgIpc) is 2.53. The Morgan fingerprint density at radius 3 is 2.12 bits per heavy atom. The summed E-state index contributed by atoms with van der Waals surface area (Å²) >= 11 is 0. The van der Waals surface area contributed by atoms with Gasteiger partial charge in [-0.15, -0.1) is 0 Å². The summed E-state index contributed by atoms with van der Waals surface area (Å²) in [4.78, 5) is 12.3. The van der Waals surface area contributed by atoms with Crippen LogP contribution >= 0.6 is 0 Å². The fourth-order valence-electron chi connectivity index (χ4n) is 2.15. The van der Waals surface area contributed by atoms with Gasteiger partial charge in [-0.3, -0.25) is 4.79 Å². The summed E-state index contributed by atoms with van der Waals surface area (Å²) in [6.45, 7) is 5.94. The van der Waals surface area contributed by atoms with Crippen molar-refractivity contribution < 1.29 is 13.2 Å². The van der Waals surface area contributed by atoms with Gasteiger partial charge in [-0.25, -0.2) is 13.1 Å². The fourth-order valence-corrected chi connectivity index (χ4v) is 3.41. The zero-order valence-electron chi connectivity index (χ0n) is 14.0. The molecule has 0 radical (unpaired) electrons. The standard InChI is InChI=1S/C18H22N2O3S/c1-13(2)20-24(22,23)17-10-8-16(9-11-17)18(21)19-12-15-6-4-14(3)5-7-15/h4-11,13,20H,12H2,1-3H3,(H,19,21). The van der Waals surface area contributed by atoms with Crippen molar-refractivity contribution in [3.05, 3.63) is 65.2 Å². The van der Waals surface area contributed by atoms with E-state index in [1.54, 1.807) is 13.8 Å². The lowest BCUT2D eigenvalue weighted by Crippen LogP contribution is -2.30. The highest BCUT2D eigenvalue weighted by atomic mass is 32.2. The molecule has 6 heteroatoms. The van der Waals surface area contributed by atoms with Crippen LogP contribution in [0.1, 0.15) is 35.3 Å². The van der Waals surface area contributed by atoms with Crippen LogP contribution in [0.15, 0.2) is 53.4 Å². The molecule has 0 aliphatic rings. The molecular formula is C18H22N2O3S. The predicted octanol–water partition coefficient (Wildman–Crippen LogP) is 2.61. The summed E-state index contributed by atoms with van der Waals surface area (Å²) in [7, 11) is -3.54. The van der Waals surface area contributed by atoms with E-state index in [1.807, 2.05) is 31.2 Å². The molecule has 2 rings (SSSR count). The van der Waals surface area contributed by atoms with Crippen LogP contribution in [0, 0.1) is 6.92 Å². The van der Waals surface area contributed by atoms with E-state index in [0.29, 0.717) is 12.1 Å². The van der Waals surface area contributed by atoms with Crippen LogP contribution in [0.2, 0.25) is 0 Å². The van der Waals surface area contributed by atoms with Gasteiger partial charge in [0.25, 0.3) is 5.91 Å². The van der Waals surface area contributed by atoms with Gasteiger partial charge in [0.2, 0.25) is 10.0 Å². The summed E-state index contributed by atoms with van der Waals surface area (Å²) in [6, 6.07) is 13.6. The van der Waals surface area contributed by atoms with E-state index in [-0.39, 0.29) is 16.8 Å². The van der Waals surface area contributed by atoms with Gasteiger partial charge >= 0.3 is 0 Å². The van der Waals surface area contributed by atoms with Crippen LogP contribution in [0.5, 0.6) is 0 Å². The summed E-state index contributed by atoms with van der Waals surface area (Å²) in [5.41, 5.74) is 2.59. The lowest BCUT2D eigenvalue weighted by Gasteiger charge is -2.10. The number of benzene rings is 2. The number of sulfonamides is 1. The number of amides is 1. The third-order valence-corrected chi connectivity index (χ3v) is 5.07. The molecule has 5 nitrogen and oxygen atoms in total. The number of hydrogen-bond acceptors (Lipinski definition) is 3. The molecule has 1 amide bonds. The summed E-state index contributed by atoms with van der Waals surface area (Å²) in [5.74, 6) is -0.239. The molecule has 2 aromatic carbocycles. The number of rotatable bonds is 6. The Morgan fingerprint density at radius 1 is 1.00 bits per heavy atom. The van der Waals surface area contributed by atoms with Crippen molar-refractivity contribution in [3.8, 4) is 0 Å². The molecule has 128 valence electrons. The maximum atomic E-state index is 12.1. The molecule has 0 spiro atoms. The largest absolute Gasteiger partial charge is 0.348 e. The molecule has 0 fully saturated rings. The average molecular weight is 346 g/mol. The predicted molar refractivity (Wildman–Crippen MR) is 94.2 cm³/mol. The van der Waals surface area contributed by atoms with E-state index < -0.39 is 10.0 Å². The minimum absolute atomic E-state index is 0.145. The van der Waals surface area contributed by atoms with Gasteiger partial charge in [0.05, 0.1) is 4.90 Å². The monoisotopic (exact) mass is 346 g/mol. The molecule has 0 aliphatic carbocycles. The molecule has 0 saturated heterocycles. The lowest BCUT2D eigenvalue weighted by molar-refractivity contribution is 0.0951. The Morgan fingerprint density at radius 2 is 1.58 bits per heavy atom. The number of nitrogens with one attached hydrogen (secondary N) is 2. The number of carbonyl (C=O) groups excluding carboxylic acids is 1. The van der Waals surface area contributed by atoms with Gasteiger partial charge in [-0.05, 0) is 50.6 Å². The van der Waals surface area contributed by atoms with Gasteiger partial charge in [0.1, 0.15) is 0 Å². The van der Waals surface area contributed by atoms with Crippen molar-refractivity contribution >= 4 is 15.9 Å². The minimum atomic E-state index is -3.54. The van der Waals surface area contributed by atoms with E-state index in [0.717, 1.165) is 11.1 Å². The van der Waals surface area contributed by atoms with Crippen LogP contribution in [0.4, 0.5) is 0 Å². The van der Waals surface area contributed by atoms with Crippen LogP contribution < -0.4 is 10.0 Å². The Labute approximate surface area is 143 Å². The third kappa shape index (κ3) is 4.91. The van der Waals surface area contributed by atoms with Crippen LogP contribution in [-0.2, 0) is 16.6 Å². The Balaban J connectivity index is 2.02. The second-order valence-electron chi connectivity index (χ2n) is 5.97. The zero-order valence-corrected chi connectivity index (χ0v) is 14.9. The second kappa shape index (κ2) is 7.59. The fraction of sp³-hybridized carbons (Fsp3) is 0.278. The van der Waals surface area contributed by atoms with E-state index in [4.69, 9.17) is 0 Å². The topological polar surface area (TPSA) is 75.3 Å². The van der Waals surface area contributed by atoms with Crippen molar-refractivity contribution in [2.45, 2.75) is 38.3 Å². The van der Waals surface area contributed by atoms with Gasteiger partial charge in [-0.1, -0.05) is 29.8 Å². The Kier molecular flexibility index (Phi) is 5.75. The van der Waals surface area contributed by atoms with Crippen LogP contribution in [-0.4, -0.2) is 20.4 Å². The van der Waals surface area contributed by atoms with E-state index >= 15 is 0 Å².